The molecule has 1 aliphatic carbocycles. The summed E-state index contributed by atoms with van der Waals surface area (Å²) >= 11 is 0.992. The topological polar surface area (TPSA) is 135 Å². The van der Waals surface area contributed by atoms with E-state index in [1.54, 1.807) is 20.8 Å². The van der Waals surface area contributed by atoms with Crippen molar-refractivity contribution in [1.29, 1.82) is 10.5 Å². The van der Waals surface area contributed by atoms with Gasteiger partial charge in [-0.05, 0) is 19.8 Å². The van der Waals surface area contributed by atoms with E-state index in [1.165, 1.54) is 0 Å². The van der Waals surface area contributed by atoms with E-state index in [9.17, 15) is 24.9 Å². The van der Waals surface area contributed by atoms with E-state index in [2.05, 4.69) is 22.0 Å². The number of carbonyl (C=O) groups is 3. The van der Waals surface area contributed by atoms with Crippen LogP contribution in [0.5, 0.6) is 0 Å². The minimum absolute atomic E-state index is 0.0822. The smallest absolute Gasteiger partial charge is 0.321 e. The molecule has 1 aliphatic heterocycles. The summed E-state index contributed by atoms with van der Waals surface area (Å²) in [5.41, 5.74) is -0.724. The second-order valence-corrected chi connectivity index (χ2v) is 9.00. The highest BCUT2D eigenvalue weighted by atomic mass is 32.2. The Hall–Kier alpha value is -2.52. The van der Waals surface area contributed by atoms with Gasteiger partial charge in [-0.2, -0.15) is 10.5 Å². The summed E-state index contributed by atoms with van der Waals surface area (Å²) < 4.78 is 0. The largest absolute Gasteiger partial charge is 0.335 e. The third kappa shape index (κ3) is 4.85. The Labute approximate surface area is 169 Å². The summed E-state index contributed by atoms with van der Waals surface area (Å²) in [6.45, 7) is 4.90. The number of hydrogen-bond donors (Lipinski definition) is 3. The Morgan fingerprint density at radius 2 is 1.89 bits per heavy atom. The number of nitrogens with zero attached hydrogens (tertiary/aromatic N) is 2. The highest BCUT2D eigenvalue weighted by molar-refractivity contribution is 8.04. The zero-order valence-electron chi connectivity index (χ0n) is 16.3. The quantitative estimate of drug-likeness (QED) is 0.659. The molecule has 0 aromatic carbocycles. The Bertz CT molecular complexity index is 771. The van der Waals surface area contributed by atoms with Gasteiger partial charge in [0.15, 0.2) is 0 Å². The van der Waals surface area contributed by atoms with Crippen molar-refractivity contribution >= 4 is 29.6 Å². The molecule has 1 fully saturated rings. The molecule has 0 saturated heterocycles. The second-order valence-electron chi connectivity index (χ2n) is 7.65. The first kappa shape index (κ1) is 21.8. The van der Waals surface area contributed by atoms with Crippen LogP contribution in [-0.4, -0.2) is 29.1 Å². The van der Waals surface area contributed by atoms with Crippen molar-refractivity contribution in [2.24, 2.45) is 11.3 Å². The third-order valence-corrected chi connectivity index (χ3v) is 6.28. The molecule has 0 unspecified atom stereocenters. The van der Waals surface area contributed by atoms with Crippen molar-refractivity contribution in [2.75, 3.05) is 0 Å². The first-order valence-electron chi connectivity index (χ1n) is 9.34. The highest BCUT2D eigenvalue weighted by Gasteiger charge is 2.45. The molecule has 3 N–H and O–H groups in total. The van der Waals surface area contributed by atoms with Gasteiger partial charge in [0.05, 0.1) is 28.0 Å². The zero-order valence-corrected chi connectivity index (χ0v) is 17.1. The molecule has 1 saturated carbocycles. The van der Waals surface area contributed by atoms with Crippen molar-refractivity contribution < 1.29 is 14.4 Å². The lowest BCUT2D eigenvalue weighted by molar-refractivity contribution is -0.125. The minimum atomic E-state index is -0.989. The molecule has 0 spiro atoms. The monoisotopic (exact) mass is 403 g/mol. The predicted molar refractivity (Wildman–Crippen MR) is 104 cm³/mol. The molecule has 0 radical (unpaired) electrons. The summed E-state index contributed by atoms with van der Waals surface area (Å²) in [5, 5.41) is 26.0. The average molecular weight is 404 g/mol. The van der Waals surface area contributed by atoms with Crippen LogP contribution >= 0.6 is 11.8 Å². The normalized spacial score (nSPS) is 23.0. The number of carbonyl (C=O) groups excluding carboxylic acids is 3. The molecular formula is C19H25N5O3S. The molecule has 2 atom stereocenters. The van der Waals surface area contributed by atoms with E-state index >= 15 is 0 Å². The fraction of sp³-hybridized carbons (Fsp3) is 0.632. The van der Waals surface area contributed by atoms with Gasteiger partial charge in [0.25, 0.3) is 0 Å². The van der Waals surface area contributed by atoms with Crippen LogP contribution in [0.3, 0.4) is 0 Å². The number of urea groups is 1. The lowest BCUT2D eigenvalue weighted by Crippen LogP contribution is -2.48. The van der Waals surface area contributed by atoms with E-state index < -0.39 is 34.4 Å². The predicted octanol–water partition coefficient (Wildman–Crippen LogP) is 2.30. The summed E-state index contributed by atoms with van der Waals surface area (Å²) in [6, 6.07) is 3.53. The number of nitriles is 2. The van der Waals surface area contributed by atoms with Gasteiger partial charge >= 0.3 is 6.03 Å². The molecule has 0 aromatic heterocycles. The van der Waals surface area contributed by atoms with Gasteiger partial charge < -0.3 is 10.6 Å². The van der Waals surface area contributed by atoms with Gasteiger partial charge in [0.2, 0.25) is 11.8 Å². The lowest BCUT2D eigenvalue weighted by atomic mass is 9.72. The SMILES string of the molecule is C[C@@H](SC1=C(C#N)C(C)(C)[C@H](C#N)C(=O)N1)C(=O)NC(=O)NC1CCCCC1. The van der Waals surface area contributed by atoms with E-state index in [0.717, 1.165) is 43.9 Å². The van der Waals surface area contributed by atoms with Crippen LogP contribution in [0.4, 0.5) is 4.79 Å². The molecule has 1 heterocycles. The van der Waals surface area contributed by atoms with Crippen molar-refractivity contribution in [3.8, 4) is 12.1 Å². The third-order valence-electron chi connectivity index (χ3n) is 5.17. The summed E-state index contributed by atoms with van der Waals surface area (Å²) in [5.74, 6) is -2.01. The molecule has 28 heavy (non-hydrogen) atoms. The van der Waals surface area contributed by atoms with Gasteiger partial charge in [-0.1, -0.05) is 44.9 Å². The number of imide groups is 1. The van der Waals surface area contributed by atoms with Gasteiger partial charge in [-0.3, -0.25) is 14.9 Å². The van der Waals surface area contributed by atoms with Crippen molar-refractivity contribution in [3.05, 3.63) is 10.6 Å². The van der Waals surface area contributed by atoms with Crippen LogP contribution in [-0.2, 0) is 9.59 Å². The molecule has 9 heteroatoms. The summed E-state index contributed by atoms with van der Waals surface area (Å²) in [7, 11) is 0. The first-order chi connectivity index (χ1) is 13.2. The fourth-order valence-corrected chi connectivity index (χ4v) is 4.53. The van der Waals surface area contributed by atoms with Gasteiger partial charge in [0.1, 0.15) is 5.92 Å². The summed E-state index contributed by atoms with van der Waals surface area (Å²) in [6.07, 6.45) is 5.11. The Balaban J connectivity index is 2.03. The van der Waals surface area contributed by atoms with Crippen LogP contribution in [0.25, 0.3) is 0 Å². The van der Waals surface area contributed by atoms with E-state index in [0.29, 0.717) is 0 Å². The number of thioether (sulfide) groups is 1. The second kappa shape index (κ2) is 9.11. The van der Waals surface area contributed by atoms with Crippen molar-refractivity contribution in [1.82, 2.24) is 16.0 Å². The maximum absolute atomic E-state index is 12.4. The van der Waals surface area contributed by atoms with Crippen LogP contribution in [0.2, 0.25) is 0 Å². The molecule has 2 aliphatic rings. The molecule has 4 amide bonds. The number of allylic oxidation sites excluding steroid dienone is 1. The standard InChI is InChI=1S/C19H25N5O3S/c1-11(15(25)24-18(27)22-12-7-5-4-6-8-12)28-17-14(10-21)19(2,3)13(9-20)16(26)23-17/h11-13H,4-8H2,1-3H3,(H,23,26)(H2,22,24,25,27)/t11-,13-/m1/s1. The molecule has 2 rings (SSSR count). The van der Waals surface area contributed by atoms with E-state index in [4.69, 9.17) is 0 Å². The number of rotatable bonds is 4. The van der Waals surface area contributed by atoms with Crippen LogP contribution < -0.4 is 16.0 Å². The van der Waals surface area contributed by atoms with E-state index in [1.807, 2.05) is 6.07 Å². The van der Waals surface area contributed by atoms with Crippen LogP contribution in [0.1, 0.15) is 52.9 Å². The highest BCUT2D eigenvalue weighted by Crippen LogP contribution is 2.42. The van der Waals surface area contributed by atoms with Crippen molar-refractivity contribution in [3.63, 3.8) is 0 Å². The fourth-order valence-electron chi connectivity index (χ4n) is 3.43. The maximum Gasteiger partial charge on any atom is 0.321 e. The first-order valence-corrected chi connectivity index (χ1v) is 10.2. The van der Waals surface area contributed by atoms with Gasteiger partial charge in [-0.15, -0.1) is 0 Å². The van der Waals surface area contributed by atoms with Crippen molar-refractivity contribution in [2.45, 2.75) is 64.2 Å². The van der Waals surface area contributed by atoms with Crippen LogP contribution in [0, 0.1) is 34.0 Å². The summed E-state index contributed by atoms with van der Waals surface area (Å²) in [4.78, 5) is 36.6. The maximum atomic E-state index is 12.4. The number of hydrogen-bond acceptors (Lipinski definition) is 6. The average Bonchev–Trinajstić information content (AvgIpc) is 2.62. The molecule has 0 bridgehead atoms. The minimum Gasteiger partial charge on any atom is -0.335 e. The van der Waals surface area contributed by atoms with Gasteiger partial charge in [-0.25, -0.2) is 4.79 Å². The molecule has 0 aromatic rings. The Kier molecular flexibility index (Phi) is 7.09. The van der Waals surface area contributed by atoms with Gasteiger partial charge in [0, 0.05) is 11.5 Å². The number of amides is 4. The zero-order chi connectivity index (χ0) is 20.9. The molecular weight excluding hydrogens is 378 g/mol. The Morgan fingerprint density at radius 3 is 2.46 bits per heavy atom. The van der Waals surface area contributed by atoms with E-state index in [-0.39, 0.29) is 16.6 Å². The molecule has 150 valence electrons. The number of nitrogens with one attached hydrogen (secondary N) is 3. The Morgan fingerprint density at radius 1 is 1.25 bits per heavy atom. The van der Waals surface area contributed by atoms with Crippen LogP contribution in [0.15, 0.2) is 10.6 Å². The lowest BCUT2D eigenvalue weighted by Gasteiger charge is -2.35. The molecule has 8 nitrogen and oxygen atoms in total.